The molecule has 0 aliphatic carbocycles. The van der Waals surface area contributed by atoms with Crippen molar-refractivity contribution >= 4 is 5.91 Å². The first kappa shape index (κ1) is 14.7. The van der Waals surface area contributed by atoms with E-state index in [1.165, 1.54) is 5.56 Å². The molecule has 0 saturated carbocycles. The lowest BCUT2D eigenvalue weighted by Crippen LogP contribution is -2.43. The molecule has 0 spiro atoms. The molecule has 1 aromatic carbocycles. The van der Waals surface area contributed by atoms with Crippen molar-refractivity contribution in [2.75, 3.05) is 7.05 Å². The van der Waals surface area contributed by atoms with Crippen LogP contribution >= 0.6 is 0 Å². The van der Waals surface area contributed by atoms with E-state index in [4.69, 9.17) is 0 Å². The van der Waals surface area contributed by atoms with Crippen molar-refractivity contribution in [1.29, 1.82) is 0 Å². The molecule has 0 radical (unpaired) electrons. The van der Waals surface area contributed by atoms with Gasteiger partial charge in [0.2, 0.25) is 5.91 Å². The van der Waals surface area contributed by atoms with E-state index in [2.05, 4.69) is 39.8 Å². The Kier molecular flexibility index (Phi) is 4.94. The number of nitrogens with zero attached hydrogens (tertiary/aromatic N) is 1. The van der Waals surface area contributed by atoms with Gasteiger partial charge in [-0.3, -0.25) is 4.79 Å². The van der Waals surface area contributed by atoms with E-state index in [9.17, 15) is 4.79 Å². The van der Waals surface area contributed by atoms with E-state index in [-0.39, 0.29) is 17.4 Å². The molecule has 0 aromatic heterocycles. The Morgan fingerprint density at radius 3 is 2.28 bits per heavy atom. The zero-order chi connectivity index (χ0) is 13.8. The number of aryl methyl sites for hydroxylation is 1. The molecule has 0 bridgehead atoms. The largest absolute Gasteiger partial charge is 0.343 e. The molecule has 18 heavy (non-hydrogen) atoms. The van der Waals surface area contributed by atoms with Crippen LogP contribution in [0.2, 0.25) is 0 Å². The first-order valence-corrected chi connectivity index (χ1v) is 6.62. The summed E-state index contributed by atoms with van der Waals surface area (Å²) in [4.78, 5) is 14.0. The smallest absolute Gasteiger partial charge is 0.222 e. The van der Waals surface area contributed by atoms with Crippen molar-refractivity contribution < 1.29 is 4.79 Å². The van der Waals surface area contributed by atoms with Crippen molar-refractivity contribution in [3.63, 3.8) is 0 Å². The lowest BCUT2D eigenvalue weighted by molar-refractivity contribution is -0.133. The molecule has 0 fully saturated rings. The molecule has 1 rings (SSSR count). The zero-order valence-corrected chi connectivity index (χ0v) is 12.2. The van der Waals surface area contributed by atoms with Crippen LogP contribution in [0.3, 0.4) is 0 Å². The van der Waals surface area contributed by atoms with Gasteiger partial charge in [-0.15, -0.1) is 0 Å². The molecule has 1 atom stereocenters. The second-order valence-electron chi connectivity index (χ2n) is 6.03. The summed E-state index contributed by atoms with van der Waals surface area (Å²) < 4.78 is 0. The van der Waals surface area contributed by atoms with Gasteiger partial charge in [0.25, 0.3) is 0 Å². The molecule has 0 saturated heterocycles. The zero-order valence-electron chi connectivity index (χ0n) is 12.2. The summed E-state index contributed by atoms with van der Waals surface area (Å²) in [6, 6.07) is 10.4. The minimum Gasteiger partial charge on any atom is -0.343 e. The van der Waals surface area contributed by atoms with E-state index in [1.54, 1.807) is 0 Å². The molecule has 0 aliphatic heterocycles. The van der Waals surface area contributed by atoms with Gasteiger partial charge >= 0.3 is 0 Å². The van der Waals surface area contributed by atoms with Crippen LogP contribution in [0.1, 0.15) is 39.7 Å². The quantitative estimate of drug-likeness (QED) is 0.797. The third-order valence-corrected chi connectivity index (χ3v) is 3.70. The summed E-state index contributed by atoms with van der Waals surface area (Å²) in [5, 5.41) is 0. The molecule has 0 N–H and O–H groups in total. The predicted octanol–water partition coefficient (Wildman–Crippen LogP) is 3.51. The SMILES string of the molecule is CC(N(C)C(=O)CCc1ccccc1)C(C)(C)C. The van der Waals surface area contributed by atoms with Gasteiger partial charge in [0.05, 0.1) is 0 Å². The van der Waals surface area contributed by atoms with Crippen LogP contribution in [0.25, 0.3) is 0 Å². The highest BCUT2D eigenvalue weighted by Crippen LogP contribution is 2.23. The highest BCUT2D eigenvalue weighted by atomic mass is 16.2. The summed E-state index contributed by atoms with van der Waals surface area (Å²) in [6.07, 6.45) is 1.40. The van der Waals surface area contributed by atoms with Gasteiger partial charge in [0.1, 0.15) is 0 Å². The number of amides is 1. The molecule has 1 amide bonds. The molecule has 1 aromatic rings. The molecule has 2 heteroatoms. The first-order chi connectivity index (χ1) is 8.32. The predicted molar refractivity (Wildman–Crippen MR) is 76.5 cm³/mol. The summed E-state index contributed by atoms with van der Waals surface area (Å²) in [7, 11) is 1.91. The highest BCUT2D eigenvalue weighted by Gasteiger charge is 2.26. The van der Waals surface area contributed by atoms with Crippen LogP contribution in [0.5, 0.6) is 0 Å². The number of carbonyl (C=O) groups is 1. The monoisotopic (exact) mass is 247 g/mol. The average molecular weight is 247 g/mol. The van der Waals surface area contributed by atoms with E-state index < -0.39 is 0 Å². The third-order valence-electron chi connectivity index (χ3n) is 3.70. The minimum absolute atomic E-state index is 0.122. The van der Waals surface area contributed by atoms with Crippen molar-refractivity contribution in [3.8, 4) is 0 Å². The molecule has 100 valence electrons. The third kappa shape index (κ3) is 4.17. The molecular weight excluding hydrogens is 222 g/mol. The Bertz CT molecular complexity index is 378. The topological polar surface area (TPSA) is 20.3 Å². The van der Waals surface area contributed by atoms with Gasteiger partial charge in [-0.1, -0.05) is 51.1 Å². The molecule has 2 nitrogen and oxygen atoms in total. The maximum Gasteiger partial charge on any atom is 0.222 e. The number of hydrogen-bond acceptors (Lipinski definition) is 1. The second-order valence-corrected chi connectivity index (χ2v) is 6.03. The maximum atomic E-state index is 12.1. The Balaban J connectivity index is 2.51. The Morgan fingerprint density at radius 2 is 1.78 bits per heavy atom. The minimum atomic E-state index is 0.122. The standard InChI is InChI=1S/C16H25NO/c1-13(16(2,3)4)17(5)15(18)12-11-14-9-7-6-8-10-14/h6-10,13H,11-12H2,1-5H3. The van der Waals surface area contributed by atoms with E-state index in [0.29, 0.717) is 6.42 Å². The summed E-state index contributed by atoms with van der Waals surface area (Å²) in [5.74, 6) is 0.223. The summed E-state index contributed by atoms with van der Waals surface area (Å²) in [5.41, 5.74) is 1.35. The molecule has 1 unspecified atom stereocenters. The average Bonchev–Trinajstić information content (AvgIpc) is 2.34. The van der Waals surface area contributed by atoms with E-state index >= 15 is 0 Å². The fraction of sp³-hybridized carbons (Fsp3) is 0.562. The van der Waals surface area contributed by atoms with Crippen molar-refractivity contribution in [3.05, 3.63) is 35.9 Å². The van der Waals surface area contributed by atoms with Crippen molar-refractivity contribution in [1.82, 2.24) is 4.90 Å². The maximum absolute atomic E-state index is 12.1. The van der Waals surface area contributed by atoms with Crippen molar-refractivity contribution in [2.45, 2.75) is 46.6 Å². The van der Waals surface area contributed by atoms with Crippen LogP contribution in [0.4, 0.5) is 0 Å². The second kappa shape index (κ2) is 6.03. The fourth-order valence-corrected chi connectivity index (χ4v) is 1.87. The van der Waals surface area contributed by atoms with Crippen LogP contribution in [-0.2, 0) is 11.2 Å². The number of carbonyl (C=O) groups excluding carboxylic acids is 1. The Labute approximate surface area is 111 Å². The van der Waals surface area contributed by atoms with Crippen LogP contribution in [-0.4, -0.2) is 23.9 Å². The summed E-state index contributed by atoms with van der Waals surface area (Å²) in [6.45, 7) is 8.61. The summed E-state index contributed by atoms with van der Waals surface area (Å²) >= 11 is 0. The van der Waals surface area contributed by atoms with Gasteiger partial charge in [-0.25, -0.2) is 0 Å². The molecule has 0 aliphatic rings. The van der Waals surface area contributed by atoms with Gasteiger partial charge in [0.15, 0.2) is 0 Å². The normalized spacial score (nSPS) is 13.2. The lowest BCUT2D eigenvalue weighted by atomic mass is 9.87. The number of rotatable bonds is 4. The van der Waals surface area contributed by atoms with Gasteiger partial charge in [0, 0.05) is 19.5 Å². The number of benzene rings is 1. The van der Waals surface area contributed by atoms with Crippen LogP contribution < -0.4 is 0 Å². The molecule has 0 heterocycles. The molecular formula is C16H25NO. The van der Waals surface area contributed by atoms with Crippen LogP contribution in [0, 0.1) is 5.41 Å². The van der Waals surface area contributed by atoms with Gasteiger partial charge in [-0.05, 0) is 24.3 Å². The Hall–Kier alpha value is -1.31. The van der Waals surface area contributed by atoms with Crippen LogP contribution in [0.15, 0.2) is 30.3 Å². The van der Waals surface area contributed by atoms with E-state index in [0.717, 1.165) is 6.42 Å². The fourth-order valence-electron chi connectivity index (χ4n) is 1.87. The highest BCUT2D eigenvalue weighted by molar-refractivity contribution is 5.76. The van der Waals surface area contributed by atoms with E-state index in [1.807, 2.05) is 30.1 Å². The van der Waals surface area contributed by atoms with Gasteiger partial charge in [-0.2, -0.15) is 0 Å². The lowest BCUT2D eigenvalue weighted by Gasteiger charge is -2.35. The Morgan fingerprint density at radius 1 is 1.22 bits per heavy atom. The van der Waals surface area contributed by atoms with Crippen molar-refractivity contribution in [2.24, 2.45) is 5.41 Å². The first-order valence-electron chi connectivity index (χ1n) is 6.62. The van der Waals surface area contributed by atoms with Gasteiger partial charge < -0.3 is 4.90 Å². The number of hydrogen-bond donors (Lipinski definition) is 0.